The lowest BCUT2D eigenvalue weighted by molar-refractivity contribution is -0.133. The van der Waals surface area contributed by atoms with Crippen LogP contribution in [0.25, 0.3) is 6.08 Å². The second-order valence-corrected chi connectivity index (χ2v) is 6.61. The van der Waals surface area contributed by atoms with Crippen LogP contribution in [0.4, 0.5) is 5.69 Å². The summed E-state index contributed by atoms with van der Waals surface area (Å²) in [4.78, 5) is 26.3. The van der Waals surface area contributed by atoms with Crippen molar-refractivity contribution < 1.29 is 14.0 Å². The van der Waals surface area contributed by atoms with E-state index in [0.717, 1.165) is 37.1 Å². The molecule has 4 rings (SSSR count). The van der Waals surface area contributed by atoms with Gasteiger partial charge in [-0.15, -0.1) is 0 Å². The third kappa shape index (κ3) is 3.65. The maximum Gasteiger partial charge on any atom is 0.248 e. The van der Waals surface area contributed by atoms with Gasteiger partial charge in [0.2, 0.25) is 11.8 Å². The highest BCUT2D eigenvalue weighted by Crippen LogP contribution is 2.33. The first-order chi connectivity index (χ1) is 12.2. The number of anilines is 1. The molecule has 1 aliphatic heterocycles. The zero-order valence-electron chi connectivity index (χ0n) is 13.9. The van der Waals surface area contributed by atoms with Gasteiger partial charge in [0, 0.05) is 30.8 Å². The molecular formula is C20H20N2O3. The van der Waals surface area contributed by atoms with Gasteiger partial charge in [0.05, 0.1) is 6.26 Å². The lowest BCUT2D eigenvalue weighted by atomic mass is 9.98. The van der Waals surface area contributed by atoms with Crippen LogP contribution >= 0.6 is 0 Å². The second kappa shape index (κ2) is 6.59. The molecule has 0 atom stereocenters. The average molecular weight is 336 g/mol. The first kappa shape index (κ1) is 15.7. The summed E-state index contributed by atoms with van der Waals surface area (Å²) in [5, 5.41) is 2.86. The van der Waals surface area contributed by atoms with Crippen molar-refractivity contribution in [3.63, 3.8) is 0 Å². The lowest BCUT2D eigenvalue weighted by Crippen LogP contribution is -2.36. The number of hydrogen-bond donors (Lipinski definition) is 1. The highest BCUT2D eigenvalue weighted by Gasteiger charge is 2.34. The predicted octanol–water partition coefficient (Wildman–Crippen LogP) is 3.23. The van der Waals surface area contributed by atoms with Gasteiger partial charge in [0.1, 0.15) is 5.76 Å². The Balaban J connectivity index is 1.42. The van der Waals surface area contributed by atoms with Crippen LogP contribution in [0.1, 0.15) is 29.7 Å². The maximum absolute atomic E-state index is 12.3. The number of fused-ring (bicyclic) bond motifs is 1. The molecule has 0 unspecified atom stereocenters. The molecule has 1 aromatic carbocycles. The topological polar surface area (TPSA) is 62.6 Å². The van der Waals surface area contributed by atoms with E-state index >= 15 is 0 Å². The van der Waals surface area contributed by atoms with Gasteiger partial charge in [-0.05, 0) is 60.7 Å². The molecule has 2 amide bonds. The van der Waals surface area contributed by atoms with Gasteiger partial charge < -0.3 is 14.6 Å². The molecular weight excluding hydrogens is 316 g/mol. The molecule has 2 aromatic rings. The first-order valence-corrected chi connectivity index (χ1v) is 8.62. The second-order valence-electron chi connectivity index (χ2n) is 6.61. The molecule has 0 spiro atoms. The van der Waals surface area contributed by atoms with Gasteiger partial charge in [-0.1, -0.05) is 6.07 Å². The molecule has 5 heteroatoms. The minimum absolute atomic E-state index is 0.210. The smallest absolute Gasteiger partial charge is 0.248 e. The van der Waals surface area contributed by atoms with E-state index in [9.17, 15) is 9.59 Å². The fourth-order valence-electron chi connectivity index (χ4n) is 3.14. The molecule has 25 heavy (non-hydrogen) atoms. The van der Waals surface area contributed by atoms with Crippen LogP contribution in [0.3, 0.4) is 0 Å². The SMILES string of the molecule is O=C(/C=C/c1ccco1)Nc1ccc2c(c1)CN(C(=O)C1CC1)CC2. The third-order valence-electron chi connectivity index (χ3n) is 4.67. The summed E-state index contributed by atoms with van der Waals surface area (Å²) in [7, 11) is 0. The molecule has 1 aromatic heterocycles. The molecule has 2 aliphatic rings. The zero-order valence-corrected chi connectivity index (χ0v) is 13.9. The Hall–Kier alpha value is -2.82. The van der Waals surface area contributed by atoms with E-state index in [4.69, 9.17) is 4.42 Å². The fourth-order valence-corrected chi connectivity index (χ4v) is 3.14. The van der Waals surface area contributed by atoms with Crippen LogP contribution in [0.5, 0.6) is 0 Å². The quantitative estimate of drug-likeness (QED) is 0.872. The van der Waals surface area contributed by atoms with E-state index < -0.39 is 0 Å². The molecule has 0 radical (unpaired) electrons. The van der Waals surface area contributed by atoms with E-state index in [1.54, 1.807) is 24.5 Å². The number of benzene rings is 1. The number of hydrogen-bond acceptors (Lipinski definition) is 3. The number of nitrogens with one attached hydrogen (secondary N) is 1. The largest absolute Gasteiger partial charge is 0.465 e. The first-order valence-electron chi connectivity index (χ1n) is 8.62. The van der Waals surface area contributed by atoms with Crippen molar-refractivity contribution in [1.82, 2.24) is 4.90 Å². The fraction of sp³-hybridized carbons (Fsp3) is 0.300. The summed E-state index contributed by atoms with van der Waals surface area (Å²) in [6.07, 6.45) is 7.57. The number of carbonyl (C=O) groups is 2. The monoisotopic (exact) mass is 336 g/mol. The molecule has 1 fully saturated rings. The van der Waals surface area contributed by atoms with E-state index in [-0.39, 0.29) is 17.7 Å². The lowest BCUT2D eigenvalue weighted by Gasteiger charge is -2.29. The summed E-state index contributed by atoms with van der Waals surface area (Å²) in [6, 6.07) is 9.49. The van der Waals surface area contributed by atoms with Crippen molar-refractivity contribution in [2.75, 3.05) is 11.9 Å². The summed E-state index contributed by atoms with van der Waals surface area (Å²) in [6.45, 7) is 1.43. The van der Waals surface area contributed by atoms with Crippen LogP contribution < -0.4 is 5.32 Å². The zero-order chi connectivity index (χ0) is 17.2. The van der Waals surface area contributed by atoms with E-state index in [1.165, 1.54) is 11.6 Å². The Morgan fingerprint density at radius 1 is 1.20 bits per heavy atom. The maximum atomic E-state index is 12.3. The van der Waals surface area contributed by atoms with Gasteiger partial charge in [-0.2, -0.15) is 0 Å². The Labute approximate surface area is 146 Å². The van der Waals surface area contributed by atoms with Crippen LogP contribution in [-0.2, 0) is 22.6 Å². The third-order valence-corrected chi connectivity index (χ3v) is 4.67. The molecule has 0 bridgehead atoms. The van der Waals surface area contributed by atoms with Crippen molar-refractivity contribution >= 4 is 23.6 Å². The molecule has 1 N–H and O–H groups in total. The van der Waals surface area contributed by atoms with Crippen LogP contribution in [-0.4, -0.2) is 23.3 Å². The Kier molecular flexibility index (Phi) is 4.14. The van der Waals surface area contributed by atoms with Gasteiger partial charge in [-0.3, -0.25) is 9.59 Å². The van der Waals surface area contributed by atoms with Gasteiger partial charge in [0.25, 0.3) is 0 Å². The van der Waals surface area contributed by atoms with E-state index in [1.807, 2.05) is 23.1 Å². The van der Waals surface area contributed by atoms with Gasteiger partial charge in [-0.25, -0.2) is 0 Å². The van der Waals surface area contributed by atoms with Crippen LogP contribution in [0.2, 0.25) is 0 Å². The summed E-state index contributed by atoms with van der Waals surface area (Å²) in [5.41, 5.74) is 3.12. The standard InChI is InChI=1S/C20H20N2O3/c23-19(8-7-18-2-1-11-25-18)21-17-6-5-14-9-10-22(13-16(14)12-17)20(24)15-3-4-15/h1-2,5-8,11-12,15H,3-4,9-10,13H2,(H,21,23)/b8-7+. The normalized spacial score (nSPS) is 16.7. The minimum Gasteiger partial charge on any atom is -0.465 e. The highest BCUT2D eigenvalue weighted by atomic mass is 16.3. The minimum atomic E-state index is -0.210. The number of carbonyl (C=O) groups excluding carboxylic acids is 2. The Bertz CT molecular complexity index is 819. The molecule has 5 nitrogen and oxygen atoms in total. The number of rotatable bonds is 4. The van der Waals surface area contributed by atoms with Crippen molar-refractivity contribution in [3.05, 3.63) is 59.6 Å². The molecule has 1 aliphatic carbocycles. The summed E-state index contributed by atoms with van der Waals surface area (Å²) in [5.74, 6) is 0.950. The van der Waals surface area contributed by atoms with Gasteiger partial charge in [0.15, 0.2) is 0 Å². The summed E-state index contributed by atoms with van der Waals surface area (Å²) >= 11 is 0. The molecule has 1 saturated carbocycles. The van der Waals surface area contributed by atoms with Crippen molar-refractivity contribution in [2.24, 2.45) is 5.92 Å². The molecule has 0 saturated heterocycles. The highest BCUT2D eigenvalue weighted by molar-refractivity contribution is 6.01. The number of amides is 2. The predicted molar refractivity (Wildman–Crippen MR) is 94.7 cm³/mol. The van der Waals surface area contributed by atoms with Gasteiger partial charge >= 0.3 is 0 Å². The Morgan fingerprint density at radius 3 is 2.84 bits per heavy atom. The average Bonchev–Trinajstić information content (AvgIpc) is 3.34. The van der Waals surface area contributed by atoms with Crippen LogP contribution in [0.15, 0.2) is 47.1 Å². The molecule has 128 valence electrons. The summed E-state index contributed by atoms with van der Waals surface area (Å²) < 4.78 is 5.16. The van der Waals surface area contributed by atoms with Crippen molar-refractivity contribution in [1.29, 1.82) is 0 Å². The van der Waals surface area contributed by atoms with Crippen LogP contribution in [0, 0.1) is 5.92 Å². The van der Waals surface area contributed by atoms with Crippen molar-refractivity contribution in [2.45, 2.75) is 25.8 Å². The number of furan rings is 1. The number of nitrogens with zero attached hydrogens (tertiary/aromatic N) is 1. The van der Waals surface area contributed by atoms with E-state index in [2.05, 4.69) is 5.32 Å². The van der Waals surface area contributed by atoms with Crippen molar-refractivity contribution in [3.8, 4) is 0 Å². The van der Waals surface area contributed by atoms with E-state index in [0.29, 0.717) is 12.3 Å². The molecule has 2 heterocycles. The Morgan fingerprint density at radius 2 is 2.08 bits per heavy atom.